The lowest BCUT2D eigenvalue weighted by atomic mass is 10.2. The highest BCUT2D eigenvalue weighted by molar-refractivity contribution is 5.90. The van der Waals surface area contributed by atoms with Crippen molar-refractivity contribution in [2.45, 2.75) is 6.92 Å². The van der Waals surface area contributed by atoms with E-state index in [2.05, 4.69) is 9.73 Å². The van der Waals surface area contributed by atoms with Crippen LogP contribution in [0.2, 0.25) is 0 Å². The fourth-order valence-corrected chi connectivity index (χ4v) is 2.27. The SMILES string of the molecule is CCOc1cc2c(cc1C=Nc1ccc(C(=O)OC)cc1)OCO2. The van der Waals surface area contributed by atoms with Crippen LogP contribution in [0, 0.1) is 0 Å². The molecule has 0 atom stereocenters. The molecule has 2 aromatic carbocycles. The van der Waals surface area contributed by atoms with E-state index in [1.807, 2.05) is 13.0 Å². The highest BCUT2D eigenvalue weighted by Gasteiger charge is 2.17. The first-order valence-electron chi connectivity index (χ1n) is 7.50. The maximum absolute atomic E-state index is 11.4. The van der Waals surface area contributed by atoms with Gasteiger partial charge in [-0.15, -0.1) is 0 Å². The molecule has 0 fully saturated rings. The number of nitrogens with zero attached hydrogens (tertiary/aromatic N) is 1. The van der Waals surface area contributed by atoms with Crippen LogP contribution in [0.25, 0.3) is 0 Å². The average Bonchev–Trinajstić information content (AvgIpc) is 3.07. The zero-order valence-corrected chi connectivity index (χ0v) is 13.4. The fourth-order valence-electron chi connectivity index (χ4n) is 2.27. The van der Waals surface area contributed by atoms with E-state index in [4.69, 9.17) is 14.2 Å². The van der Waals surface area contributed by atoms with Crippen molar-refractivity contribution in [2.75, 3.05) is 20.5 Å². The van der Waals surface area contributed by atoms with Crippen molar-refractivity contribution in [3.63, 3.8) is 0 Å². The summed E-state index contributed by atoms with van der Waals surface area (Å²) < 4.78 is 21.0. The summed E-state index contributed by atoms with van der Waals surface area (Å²) in [5.74, 6) is 1.63. The maximum Gasteiger partial charge on any atom is 0.337 e. The summed E-state index contributed by atoms with van der Waals surface area (Å²) in [6, 6.07) is 10.5. The van der Waals surface area contributed by atoms with Crippen LogP contribution in [-0.4, -0.2) is 32.7 Å². The third-order valence-electron chi connectivity index (χ3n) is 3.45. The van der Waals surface area contributed by atoms with Gasteiger partial charge in [-0.2, -0.15) is 0 Å². The Morgan fingerprint density at radius 2 is 1.92 bits per heavy atom. The predicted molar refractivity (Wildman–Crippen MR) is 88.8 cm³/mol. The number of benzene rings is 2. The molecule has 0 spiro atoms. The number of hydrogen-bond donors (Lipinski definition) is 0. The smallest absolute Gasteiger partial charge is 0.337 e. The van der Waals surface area contributed by atoms with Gasteiger partial charge in [0.05, 0.1) is 25.0 Å². The van der Waals surface area contributed by atoms with E-state index in [0.717, 1.165) is 5.56 Å². The summed E-state index contributed by atoms with van der Waals surface area (Å²) in [5.41, 5.74) is 1.98. The molecule has 0 N–H and O–H groups in total. The first kappa shape index (κ1) is 15.9. The van der Waals surface area contributed by atoms with Crippen LogP contribution in [0.15, 0.2) is 41.4 Å². The number of carbonyl (C=O) groups excluding carboxylic acids is 1. The molecule has 0 amide bonds. The third-order valence-corrected chi connectivity index (χ3v) is 3.45. The van der Waals surface area contributed by atoms with Crippen molar-refractivity contribution in [3.8, 4) is 17.2 Å². The lowest BCUT2D eigenvalue weighted by Gasteiger charge is -2.08. The third kappa shape index (κ3) is 3.32. The molecule has 0 saturated heterocycles. The monoisotopic (exact) mass is 327 g/mol. The van der Waals surface area contributed by atoms with Crippen LogP contribution < -0.4 is 14.2 Å². The van der Waals surface area contributed by atoms with Crippen LogP contribution in [0.4, 0.5) is 5.69 Å². The van der Waals surface area contributed by atoms with Gasteiger partial charge < -0.3 is 18.9 Å². The molecule has 1 aliphatic heterocycles. The number of carbonyl (C=O) groups is 1. The van der Waals surface area contributed by atoms with Gasteiger partial charge in [0.2, 0.25) is 6.79 Å². The van der Waals surface area contributed by atoms with Gasteiger partial charge in [0.25, 0.3) is 0 Å². The van der Waals surface area contributed by atoms with Crippen molar-refractivity contribution in [1.82, 2.24) is 0 Å². The minimum atomic E-state index is -0.375. The Balaban J connectivity index is 1.84. The highest BCUT2D eigenvalue weighted by Crippen LogP contribution is 2.37. The topological polar surface area (TPSA) is 66.4 Å². The van der Waals surface area contributed by atoms with Crippen LogP contribution in [0.1, 0.15) is 22.8 Å². The molecule has 1 aliphatic rings. The summed E-state index contributed by atoms with van der Waals surface area (Å²) in [6.07, 6.45) is 1.69. The Labute approximate surface area is 139 Å². The standard InChI is InChI=1S/C18H17NO5/c1-3-22-15-9-17-16(23-11-24-17)8-13(15)10-19-14-6-4-12(5-7-14)18(20)21-2/h4-10H,3,11H2,1-2H3. The Hall–Kier alpha value is -3.02. The van der Waals surface area contributed by atoms with Gasteiger partial charge in [-0.3, -0.25) is 4.99 Å². The van der Waals surface area contributed by atoms with Crippen LogP contribution in [0.3, 0.4) is 0 Å². The van der Waals surface area contributed by atoms with E-state index >= 15 is 0 Å². The quantitative estimate of drug-likeness (QED) is 0.622. The number of esters is 1. The van der Waals surface area contributed by atoms with Crippen molar-refractivity contribution in [2.24, 2.45) is 4.99 Å². The van der Waals surface area contributed by atoms with Crippen molar-refractivity contribution < 1.29 is 23.7 Å². The Kier molecular flexibility index (Phi) is 4.65. The molecule has 0 unspecified atom stereocenters. The van der Waals surface area contributed by atoms with Crippen LogP contribution >= 0.6 is 0 Å². The molecule has 124 valence electrons. The summed E-state index contributed by atoms with van der Waals surface area (Å²) >= 11 is 0. The van der Waals surface area contributed by atoms with E-state index in [9.17, 15) is 4.79 Å². The van der Waals surface area contributed by atoms with E-state index < -0.39 is 0 Å². The molecule has 0 saturated carbocycles. The molecule has 0 bridgehead atoms. The van der Waals surface area contributed by atoms with Crippen molar-refractivity contribution in [3.05, 3.63) is 47.5 Å². The highest BCUT2D eigenvalue weighted by atomic mass is 16.7. The molecule has 6 nitrogen and oxygen atoms in total. The zero-order valence-electron chi connectivity index (χ0n) is 13.4. The van der Waals surface area contributed by atoms with E-state index in [1.165, 1.54) is 7.11 Å². The second-order valence-electron chi connectivity index (χ2n) is 4.97. The first-order chi connectivity index (χ1) is 11.7. The number of ether oxygens (including phenoxy) is 4. The maximum atomic E-state index is 11.4. The molecule has 3 rings (SSSR count). The molecule has 0 radical (unpaired) electrons. The van der Waals surface area contributed by atoms with Crippen LogP contribution in [-0.2, 0) is 4.74 Å². The lowest BCUT2D eigenvalue weighted by Crippen LogP contribution is -1.99. The molecule has 6 heteroatoms. The average molecular weight is 327 g/mol. The van der Waals surface area contributed by atoms with Gasteiger partial charge >= 0.3 is 5.97 Å². The van der Waals surface area contributed by atoms with Gasteiger partial charge in [0, 0.05) is 17.8 Å². The van der Waals surface area contributed by atoms with Gasteiger partial charge in [-0.25, -0.2) is 4.79 Å². The number of fused-ring (bicyclic) bond motifs is 1. The van der Waals surface area contributed by atoms with Crippen LogP contribution in [0.5, 0.6) is 17.2 Å². The minimum absolute atomic E-state index is 0.205. The summed E-state index contributed by atoms with van der Waals surface area (Å²) in [5, 5.41) is 0. The second kappa shape index (κ2) is 7.04. The molecule has 0 aromatic heterocycles. The zero-order chi connectivity index (χ0) is 16.9. The summed E-state index contributed by atoms with van der Waals surface area (Å²) in [6.45, 7) is 2.65. The molecule has 1 heterocycles. The number of hydrogen-bond acceptors (Lipinski definition) is 6. The Bertz CT molecular complexity index is 768. The predicted octanol–water partition coefficient (Wildman–Crippen LogP) is 3.35. The van der Waals surface area contributed by atoms with E-state index in [1.54, 1.807) is 36.5 Å². The van der Waals surface area contributed by atoms with Crippen molar-refractivity contribution in [1.29, 1.82) is 0 Å². The number of rotatable bonds is 5. The first-order valence-corrected chi connectivity index (χ1v) is 7.50. The normalized spacial score (nSPS) is 12.4. The number of methoxy groups -OCH3 is 1. The number of aliphatic imine (C=N–C) groups is 1. The van der Waals surface area contributed by atoms with Gasteiger partial charge in [-0.1, -0.05) is 0 Å². The Morgan fingerprint density at radius 3 is 2.58 bits per heavy atom. The summed E-state index contributed by atoms with van der Waals surface area (Å²) in [7, 11) is 1.35. The summed E-state index contributed by atoms with van der Waals surface area (Å²) in [4.78, 5) is 15.8. The molecule has 2 aromatic rings. The largest absolute Gasteiger partial charge is 0.493 e. The van der Waals surface area contributed by atoms with Gasteiger partial charge in [0.1, 0.15) is 5.75 Å². The van der Waals surface area contributed by atoms with E-state index in [-0.39, 0.29) is 12.8 Å². The van der Waals surface area contributed by atoms with Gasteiger partial charge in [0.15, 0.2) is 11.5 Å². The second-order valence-corrected chi connectivity index (χ2v) is 4.97. The fraction of sp³-hybridized carbons (Fsp3) is 0.222. The Morgan fingerprint density at radius 1 is 1.21 bits per heavy atom. The molecule has 24 heavy (non-hydrogen) atoms. The molecule has 0 aliphatic carbocycles. The van der Waals surface area contributed by atoms with E-state index in [0.29, 0.717) is 35.1 Å². The molecular weight excluding hydrogens is 310 g/mol. The lowest BCUT2D eigenvalue weighted by molar-refractivity contribution is 0.0601. The van der Waals surface area contributed by atoms with Gasteiger partial charge in [-0.05, 0) is 37.3 Å². The molecular formula is C18H17NO5. The van der Waals surface area contributed by atoms with Crippen molar-refractivity contribution >= 4 is 17.9 Å². The minimum Gasteiger partial charge on any atom is -0.493 e.